The summed E-state index contributed by atoms with van der Waals surface area (Å²) < 4.78 is 33.8. The van der Waals surface area contributed by atoms with Crippen LogP contribution in [0.3, 0.4) is 0 Å². The van der Waals surface area contributed by atoms with Gasteiger partial charge in [-0.15, -0.1) is 0 Å². The van der Waals surface area contributed by atoms with E-state index >= 15 is 0 Å². The average molecular weight is 1010 g/mol. The van der Waals surface area contributed by atoms with Crippen LogP contribution in [-0.2, 0) is 13.9 Å². The standard InChI is InChI=1S/C49H47AsN5O8S3/c1-29-23-36(26-39-44(29)52-28-40(47(51)59)45(39)53-33-8-6-9-34(25-33)63-2)66(61,62)35-10-5-7-30(24-35)48(60)54-32-13-11-31(12-14-32)49(64-21-22-65-49)19-3-4-20-50-27-42(57)37-15-17-41(56)46-38(37)16-18-43(58)55-46/h5-18,23-26,28,42,56-57H,3-4,19-22,27H2,1-2H3,(H2,51,59)(H,52,53)(H,54,60)(H,55,58)/t42-/m0/s1. The zero-order valence-electron chi connectivity index (χ0n) is 36.0. The summed E-state index contributed by atoms with van der Waals surface area (Å²) in [5, 5.41) is 30.1. The number of phenols is 1. The third kappa shape index (κ3) is 9.98. The van der Waals surface area contributed by atoms with E-state index in [0.29, 0.717) is 61.0 Å². The maximum Gasteiger partial charge on any atom is 0.0261 e. The minimum Gasteiger partial charge on any atom is -0.0316 e. The van der Waals surface area contributed by atoms with Crippen LogP contribution in [0.2, 0.25) is 10.4 Å². The molecule has 0 spiro atoms. The molecule has 13 nitrogen and oxygen atoms in total. The summed E-state index contributed by atoms with van der Waals surface area (Å²) in [6.45, 7) is 1.74. The quantitative estimate of drug-likeness (QED) is 0.0372. The number of aliphatic hydroxyl groups excluding tert-OH is 1. The zero-order valence-corrected chi connectivity index (χ0v) is 40.4. The number of pyridine rings is 2. The van der Waals surface area contributed by atoms with Gasteiger partial charge >= 0.3 is 220 Å². The summed E-state index contributed by atoms with van der Waals surface area (Å²) in [7, 11) is -2.64. The third-order valence-electron chi connectivity index (χ3n) is 11.4. The number of carbonyl (C=O) groups excluding carboxylic acids is 2. The Morgan fingerprint density at radius 2 is 1.70 bits per heavy atom. The number of nitrogens with two attached hydrogens (primary N) is 1. The Bertz CT molecular complexity index is 3140. The number of aromatic hydroxyl groups is 1. The van der Waals surface area contributed by atoms with Gasteiger partial charge in [0.05, 0.1) is 33.7 Å². The van der Waals surface area contributed by atoms with Gasteiger partial charge in [-0.05, 0) is 55.0 Å². The number of aryl methyl sites for hydroxylation is 1. The smallest absolute Gasteiger partial charge is 0.0261 e. The first-order valence-corrected chi connectivity index (χ1v) is 27.2. The van der Waals surface area contributed by atoms with Gasteiger partial charge in [0.1, 0.15) is 5.75 Å². The van der Waals surface area contributed by atoms with E-state index in [-0.39, 0.29) is 52.1 Å². The first kappa shape index (κ1) is 46.7. The number of anilines is 3. The van der Waals surface area contributed by atoms with Gasteiger partial charge in [0.25, 0.3) is 5.91 Å². The molecule has 1 saturated heterocycles. The molecule has 1 aliphatic heterocycles. The van der Waals surface area contributed by atoms with Crippen LogP contribution in [0, 0.1) is 6.92 Å². The minimum atomic E-state index is -4.18. The number of primary amides is 1. The van der Waals surface area contributed by atoms with E-state index in [2.05, 4.69) is 32.7 Å². The zero-order chi connectivity index (χ0) is 46.6. The summed E-state index contributed by atoms with van der Waals surface area (Å²) in [6, 6.07) is 30.1. The van der Waals surface area contributed by atoms with Crippen molar-refractivity contribution in [3.8, 4) is 11.5 Å². The van der Waals surface area contributed by atoms with E-state index in [4.69, 9.17) is 10.5 Å². The minimum absolute atomic E-state index is 0.0218. The molecule has 339 valence electrons. The van der Waals surface area contributed by atoms with Gasteiger partial charge in [-0.3, -0.25) is 9.78 Å². The fraction of sp³-hybridized carbons (Fsp3) is 0.224. The second kappa shape index (κ2) is 20.0. The first-order chi connectivity index (χ1) is 31.8. The molecule has 66 heavy (non-hydrogen) atoms. The van der Waals surface area contributed by atoms with Crippen LogP contribution in [0.15, 0.2) is 130 Å². The van der Waals surface area contributed by atoms with Crippen molar-refractivity contribution < 1.29 is 33.0 Å². The number of aliphatic hydroxyl groups is 1. The van der Waals surface area contributed by atoms with Gasteiger partial charge in [-0.1, -0.05) is 12.1 Å². The van der Waals surface area contributed by atoms with E-state index < -0.39 is 27.8 Å². The molecule has 7 aromatic rings. The van der Waals surface area contributed by atoms with Gasteiger partial charge in [0.15, 0.2) is 0 Å². The number of hydrogen-bond donors (Lipinski definition) is 6. The number of carbonyl (C=O) groups is 2. The second-order valence-electron chi connectivity index (χ2n) is 15.8. The van der Waals surface area contributed by atoms with Crippen LogP contribution in [-0.4, -0.2) is 74.8 Å². The first-order valence-electron chi connectivity index (χ1n) is 21.1. The maximum atomic E-state index is 14.3. The molecule has 0 aliphatic carbocycles. The molecule has 1 fully saturated rings. The molecule has 2 aromatic heterocycles. The summed E-state index contributed by atoms with van der Waals surface area (Å²) in [5.41, 5.74) is 10.4. The van der Waals surface area contributed by atoms with E-state index in [1.165, 1.54) is 61.3 Å². The Morgan fingerprint density at radius 1 is 0.924 bits per heavy atom. The van der Waals surface area contributed by atoms with Crippen molar-refractivity contribution in [2.24, 2.45) is 5.73 Å². The number of sulfone groups is 1. The van der Waals surface area contributed by atoms with Crippen molar-refractivity contribution in [1.82, 2.24) is 9.97 Å². The SMILES string of the molecule is COc1cccc(Nc2c(C(N)=O)cnc3c(C)cc(S(=O)(=O)c4cccc(C(=O)Nc5ccc(C6(CCCC[As]C[C@H](O)c7ccc(O)c8[nH]c(=O)ccc78)SCCS6)cc5)c4)cc23)c1. The fourth-order valence-corrected chi connectivity index (χ4v) is 15.1. The molecule has 0 unspecified atom stereocenters. The van der Waals surface area contributed by atoms with Crippen LogP contribution in [0.1, 0.15) is 62.8 Å². The summed E-state index contributed by atoms with van der Waals surface area (Å²) in [5.74, 6) is 1.43. The van der Waals surface area contributed by atoms with Crippen LogP contribution in [0.4, 0.5) is 17.1 Å². The number of methoxy groups -OCH3 is 1. The van der Waals surface area contributed by atoms with E-state index in [1.54, 1.807) is 49.4 Å². The number of benzene rings is 5. The van der Waals surface area contributed by atoms with Crippen LogP contribution < -0.4 is 26.7 Å². The van der Waals surface area contributed by atoms with Gasteiger partial charge in [-0.25, -0.2) is 8.42 Å². The molecule has 1 atom stereocenters. The summed E-state index contributed by atoms with van der Waals surface area (Å²) >= 11 is 3.77. The molecule has 5 aromatic carbocycles. The number of phenolic OH excluding ortho intramolecular Hbond substituents is 1. The van der Waals surface area contributed by atoms with E-state index in [9.17, 15) is 33.0 Å². The number of fused-ring (bicyclic) bond motifs is 2. The van der Waals surface area contributed by atoms with Gasteiger partial charge in [0, 0.05) is 23.3 Å². The predicted octanol–water partition coefficient (Wildman–Crippen LogP) is 9.10. The number of aromatic amines is 1. The molecule has 2 amide bonds. The molecule has 17 heteroatoms. The topological polar surface area (TPSA) is 214 Å². The van der Waals surface area contributed by atoms with Crippen molar-refractivity contribution in [1.29, 1.82) is 0 Å². The Kier molecular flexibility index (Phi) is 14.2. The number of aromatic nitrogens is 2. The summed E-state index contributed by atoms with van der Waals surface area (Å²) in [4.78, 5) is 45.0. The van der Waals surface area contributed by atoms with Crippen molar-refractivity contribution in [3.63, 3.8) is 0 Å². The van der Waals surface area contributed by atoms with Gasteiger partial charge in [-0.2, -0.15) is 0 Å². The number of H-pyrrole nitrogens is 1. The van der Waals surface area contributed by atoms with Gasteiger partial charge < -0.3 is 15.8 Å². The number of thioether (sulfide) groups is 2. The van der Waals surface area contributed by atoms with Crippen molar-refractivity contribution >= 4 is 99.8 Å². The van der Waals surface area contributed by atoms with Crippen LogP contribution in [0.25, 0.3) is 21.8 Å². The number of amides is 2. The Labute approximate surface area is 397 Å². The Morgan fingerprint density at radius 3 is 2.45 bits per heavy atom. The molecular weight excluding hydrogens is 958 g/mol. The molecule has 8 rings (SSSR count). The van der Waals surface area contributed by atoms with Crippen molar-refractivity contribution in [3.05, 3.63) is 154 Å². The number of unbranched alkanes of at least 4 members (excludes halogenated alkanes) is 1. The third-order valence-corrected chi connectivity index (χ3v) is 19.4. The monoisotopic (exact) mass is 1000 g/mol. The molecule has 3 heterocycles. The Balaban J connectivity index is 0.918. The van der Waals surface area contributed by atoms with Gasteiger partial charge in [0.2, 0.25) is 9.84 Å². The number of nitrogens with one attached hydrogen (secondary N) is 3. The maximum absolute atomic E-state index is 14.3. The number of ether oxygens (including phenoxy) is 1. The molecule has 0 bridgehead atoms. The van der Waals surface area contributed by atoms with Crippen LogP contribution >= 0.6 is 23.5 Å². The fourth-order valence-electron chi connectivity index (χ4n) is 8.07. The average Bonchev–Trinajstić information content (AvgIpc) is 3.80. The van der Waals surface area contributed by atoms with Crippen LogP contribution in [0.5, 0.6) is 11.5 Å². The second-order valence-corrected chi connectivity index (χ2v) is 23.4. The summed E-state index contributed by atoms with van der Waals surface area (Å²) in [6.07, 6.45) is 3.74. The van der Waals surface area contributed by atoms with Crippen molar-refractivity contribution in [2.45, 2.75) is 56.6 Å². The molecule has 1 aliphatic rings. The van der Waals surface area contributed by atoms with E-state index in [1.807, 2.05) is 35.7 Å². The molecule has 1 radical (unpaired) electrons. The predicted molar refractivity (Wildman–Crippen MR) is 265 cm³/mol. The number of rotatable bonds is 17. The number of nitrogens with zero attached hydrogens (tertiary/aromatic N) is 1. The molecule has 0 saturated carbocycles. The Hall–Kier alpha value is -5.77. The number of hydrogen-bond acceptors (Lipinski definition) is 12. The largest absolute Gasteiger partial charge is 0.0316 e. The molecular formula is C49H47AsN5O8S3. The van der Waals surface area contributed by atoms with Crippen molar-refractivity contribution in [2.75, 3.05) is 29.2 Å². The van der Waals surface area contributed by atoms with E-state index in [0.717, 1.165) is 36.0 Å². The molecule has 7 N–H and O–H groups in total. The normalized spacial score (nSPS) is 14.2.